The average molecular weight is 351 g/mol. The molecule has 0 aliphatic rings. The van der Waals surface area contributed by atoms with Gasteiger partial charge in [0.2, 0.25) is 0 Å². The molecule has 1 amide bonds. The first-order valence-electron chi connectivity index (χ1n) is 8.10. The fourth-order valence-corrected chi connectivity index (χ4v) is 2.59. The summed E-state index contributed by atoms with van der Waals surface area (Å²) in [5.74, 6) is 0.0766. The van der Waals surface area contributed by atoms with Gasteiger partial charge in [0.25, 0.3) is 11.6 Å². The van der Waals surface area contributed by atoms with Crippen molar-refractivity contribution in [1.29, 1.82) is 0 Å². The summed E-state index contributed by atoms with van der Waals surface area (Å²) in [5.41, 5.74) is 1.45. The number of nitro benzene ring substituents is 1. The topological polar surface area (TPSA) is 94.4 Å². The molecule has 0 atom stereocenters. The smallest absolute Gasteiger partial charge is 0.279 e. The molecule has 1 heterocycles. The number of benzene rings is 2. The fraction of sp³-hybridized carbons (Fsp3) is 0.158. The fourth-order valence-electron chi connectivity index (χ4n) is 2.59. The van der Waals surface area contributed by atoms with Crippen molar-refractivity contribution < 1.29 is 14.5 Å². The van der Waals surface area contributed by atoms with Crippen LogP contribution in [0.25, 0.3) is 10.9 Å². The Bertz CT molecular complexity index is 928. The molecule has 3 aromatic rings. The molecule has 0 unspecified atom stereocenters. The lowest BCUT2D eigenvalue weighted by molar-refractivity contribution is -0.383. The van der Waals surface area contributed by atoms with Gasteiger partial charge in [0.05, 0.1) is 10.3 Å². The lowest BCUT2D eigenvalue weighted by Gasteiger charge is -2.09. The van der Waals surface area contributed by atoms with Crippen molar-refractivity contribution in [3.05, 3.63) is 76.5 Å². The predicted molar refractivity (Wildman–Crippen MR) is 97.0 cm³/mol. The van der Waals surface area contributed by atoms with E-state index in [2.05, 4.69) is 10.3 Å². The molecule has 0 aliphatic heterocycles. The van der Waals surface area contributed by atoms with E-state index in [0.29, 0.717) is 23.2 Å². The number of rotatable bonds is 7. The Balaban J connectivity index is 1.60. The highest BCUT2D eigenvalue weighted by atomic mass is 16.6. The number of hydrogen-bond donors (Lipinski definition) is 1. The van der Waals surface area contributed by atoms with E-state index in [1.54, 1.807) is 12.1 Å². The summed E-state index contributed by atoms with van der Waals surface area (Å²) in [7, 11) is 0. The largest absolute Gasteiger partial charge is 0.481 e. The molecular formula is C19H17N3O4. The van der Waals surface area contributed by atoms with Crippen molar-refractivity contribution in [1.82, 2.24) is 10.3 Å². The number of carbonyl (C=O) groups is 1. The number of pyridine rings is 1. The molecule has 1 N–H and O–H groups in total. The standard InChI is InChI=1S/C19H17N3O4/c23-18(20-12-10-14-5-2-1-3-6-14)13-26-17-9-8-16(22(24)25)15-7-4-11-21-19(15)17/h1-9,11H,10,12-13H2,(H,20,23). The molecule has 7 nitrogen and oxygen atoms in total. The Labute approximate surface area is 149 Å². The van der Waals surface area contributed by atoms with E-state index in [4.69, 9.17) is 4.74 Å². The van der Waals surface area contributed by atoms with Gasteiger partial charge in [-0.25, -0.2) is 0 Å². The number of nitrogens with one attached hydrogen (secondary N) is 1. The number of nitrogens with zero attached hydrogens (tertiary/aromatic N) is 2. The van der Waals surface area contributed by atoms with Crippen LogP contribution in [0.4, 0.5) is 5.69 Å². The lowest BCUT2D eigenvalue weighted by Crippen LogP contribution is -2.30. The molecule has 0 saturated carbocycles. The number of amides is 1. The van der Waals surface area contributed by atoms with Crippen molar-refractivity contribution in [2.45, 2.75) is 6.42 Å². The SMILES string of the molecule is O=C(COc1ccc([N+](=O)[O-])c2cccnc12)NCCc1ccccc1. The minimum atomic E-state index is -0.468. The quantitative estimate of drug-likeness (QED) is 0.522. The van der Waals surface area contributed by atoms with Crippen LogP contribution in [0.3, 0.4) is 0 Å². The third-order valence-electron chi connectivity index (χ3n) is 3.84. The van der Waals surface area contributed by atoms with Crippen molar-refractivity contribution in [2.24, 2.45) is 0 Å². The maximum Gasteiger partial charge on any atom is 0.279 e. The Morgan fingerprint density at radius 3 is 2.69 bits per heavy atom. The molecule has 0 bridgehead atoms. The maximum absolute atomic E-state index is 12.0. The molecular weight excluding hydrogens is 334 g/mol. The van der Waals surface area contributed by atoms with Gasteiger partial charge in [-0.2, -0.15) is 0 Å². The van der Waals surface area contributed by atoms with Gasteiger partial charge in [-0.3, -0.25) is 19.9 Å². The molecule has 26 heavy (non-hydrogen) atoms. The van der Waals surface area contributed by atoms with Gasteiger partial charge in [0, 0.05) is 18.8 Å². The number of nitro groups is 1. The average Bonchev–Trinajstić information content (AvgIpc) is 2.66. The minimum Gasteiger partial charge on any atom is -0.481 e. The number of aromatic nitrogens is 1. The number of hydrogen-bond acceptors (Lipinski definition) is 5. The number of ether oxygens (including phenoxy) is 1. The third kappa shape index (κ3) is 4.13. The van der Waals surface area contributed by atoms with Crippen LogP contribution in [0.5, 0.6) is 5.75 Å². The van der Waals surface area contributed by atoms with Crippen LogP contribution in [0, 0.1) is 10.1 Å². The molecule has 132 valence electrons. The van der Waals surface area contributed by atoms with Crippen LogP contribution in [-0.4, -0.2) is 29.0 Å². The van der Waals surface area contributed by atoms with Crippen molar-refractivity contribution in [3.63, 3.8) is 0 Å². The van der Waals surface area contributed by atoms with E-state index in [-0.39, 0.29) is 18.2 Å². The molecule has 3 rings (SSSR count). The maximum atomic E-state index is 12.0. The van der Waals surface area contributed by atoms with Gasteiger partial charge in [-0.05, 0) is 30.2 Å². The Morgan fingerprint density at radius 1 is 1.12 bits per heavy atom. The molecule has 0 spiro atoms. The van der Waals surface area contributed by atoms with Crippen LogP contribution < -0.4 is 10.1 Å². The van der Waals surface area contributed by atoms with E-state index in [0.717, 1.165) is 12.0 Å². The summed E-state index contributed by atoms with van der Waals surface area (Å²) in [5, 5.41) is 14.3. The van der Waals surface area contributed by atoms with Crippen LogP contribution in [-0.2, 0) is 11.2 Å². The predicted octanol–water partition coefficient (Wildman–Crippen LogP) is 2.88. The van der Waals surface area contributed by atoms with Gasteiger partial charge in [0.1, 0.15) is 11.3 Å². The second kappa shape index (κ2) is 8.06. The molecule has 0 fully saturated rings. The third-order valence-corrected chi connectivity index (χ3v) is 3.84. The lowest BCUT2D eigenvalue weighted by atomic mass is 10.1. The van der Waals surface area contributed by atoms with Gasteiger partial charge >= 0.3 is 0 Å². The zero-order chi connectivity index (χ0) is 18.4. The summed E-state index contributed by atoms with van der Waals surface area (Å²) >= 11 is 0. The molecule has 2 aromatic carbocycles. The highest BCUT2D eigenvalue weighted by Crippen LogP contribution is 2.31. The molecule has 0 radical (unpaired) electrons. The van der Waals surface area contributed by atoms with Gasteiger partial charge in [-0.1, -0.05) is 30.3 Å². The Morgan fingerprint density at radius 2 is 1.92 bits per heavy atom. The Kier molecular flexibility index (Phi) is 5.38. The van der Waals surface area contributed by atoms with Crippen LogP contribution in [0.2, 0.25) is 0 Å². The normalized spacial score (nSPS) is 10.5. The highest BCUT2D eigenvalue weighted by Gasteiger charge is 2.16. The molecule has 0 saturated heterocycles. The second-order valence-corrected chi connectivity index (χ2v) is 5.61. The molecule has 7 heteroatoms. The van der Waals surface area contributed by atoms with E-state index in [1.165, 1.54) is 18.3 Å². The molecule has 0 aliphatic carbocycles. The van der Waals surface area contributed by atoms with Gasteiger partial charge in [-0.15, -0.1) is 0 Å². The monoisotopic (exact) mass is 351 g/mol. The Hall–Kier alpha value is -3.48. The first-order valence-corrected chi connectivity index (χ1v) is 8.10. The van der Waals surface area contributed by atoms with Crippen LogP contribution in [0.15, 0.2) is 60.8 Å². The van der Waals surface area contributed by atoms with E-state index in [9.17, 15) is 14.9 Å². The van der Waals surface area contributed by atoms with Crippen molar-refractivity contribution in [2.75, 3.05) is 13.2 Å². The van der Waals surface area contributed by atoms with E-state index < -0.39 is 4.92 Å². The highest BCUT2D eigenvalue weighted by molar-refractivity contribution is 5.92. The van der Waals surface area contributed by atoms with Crippen LogP contribution >= 0.6 is 0 Å². The zero-order valence-electron chi connectivity index (χ0n) is 13.9. The summed E-state index contributed by atoms with van der Waals surface area (Å²) in [6.45, 7) is 0.323. The second-order valence-electron chi connectivity index (χ2n) is 5.61. The summed E-state index contributed by atoms with van der Waals surface area (Å²) in [4.78, 5) is 26.7. The number of non-ortho nitro benzene ring substituents is 1. The molecule has 1 aromatic heterocycles. The van der Waals surface area contributed by atoms with E-state index >= 15 is 0 Å². The first-order chi connectivity index (χ1) is 12.6. The van der Waals surface area contributed by atoms with E-state index in [1.807, 2.05) is 30.3 Å². The van der Waals surface area contributed by atoms with Crippen LogP contribution in [0.1, 0.15) is 5.56 Å². The minimum absolute atomic E-state index is 0.0484. The first kappa shape index (κ1) is 17.3. The van der Waals surface area contributed by atoms with Gasteiger partial charge < -0.3 is 10.1 Å². The van der Waals surface area contributed by atoms with Gasteiger partial charge in [0.15, 0.2) is 6.61 Å². The number of fused-ring (bicyclic) bond motifs is 1. The van der Waals surface area contributed by atoms with Crippen molar-refractivity contribution in [3.8, 4) is 5.75 Å². The summed E-state index contributed by atoms with van der Waals surface area (Å²) in [6.07, 6.45) is 2.26. The zero-order valence-corrected chi connectivity index (χ0v) is 13.9. The summed E-state index contributed by atoms with van der Waals surface area (Å²) in [6, 6.07) is 15.9. The van der Waals surface area contributed by atoms with Crippen molar-refractivity contribution >= 4 is 22.5 Å². The number of carbonyl (C=O) groups excluding carboxylic acids is 1. The summed E-state index contributed by atoms with van der Waals surface area (Å²) < 4.78 is 5.52.